The van der Waals surface area contributed by atoms with E-state index in [1.54, 1.807) is 36.7 Å². The van der Waals surface area contributed by atoms with Crippen LogP contribution < -0.4 is 37.2 Å². The number of halogens is 3. The summed E-state index contributed by atoms with van der Waals surface area (Å²) in [5, 5.41) is 20.5. The van der Waals surface area contributed by atoms with Crippen LogP contribution in [-0.2, 0) is 43.4 Å². The van der Waals surface area contributed by atoms with E-state index in [4.69, 9.17) is 0 Å². The number of hydrogen-bond acceptors (Lipinski definition) is 4. The molecule has 4 nitrogen and oxygen atoms in total. The van der Waals surface area contributed by atoms with Gasteiger partial charge < -0.3 is 47.4 Å². The van der Waals surface area contributed by atoms with E-state index in [1.807, 2.05) is 127 Å². The van der Waals surface area contributed by atoms with Crippen LogP contribution in [0.1, 0.15) is 16.7 Å². The van der Waals surface area contributed by atoms with E-state index in [9.17, 15) is 10.2 Å². The Bertz CT molecular complexity index is 1610. The number of rotatable bonds is 0. The molecule has 9 heteroatoms. The van der Waals surface area contributed by atoms with Crippen LogP contribution in [0.4, 0.5) is 0 Å². The molecule has 48 heavy (non-hydrogen) atoms. The van der Waals surface area contributed by atoms with Gasteiger partial charge >= 0.3 is 43.4 Å². The molecular formula is C39H35Cl3N2O2Ti2. The van der Waals surface area contributed by atoms with Gasteiger partial charge in [-0.2, -0.15) is 73.9 Å². The van der Waals surface area contributed by atoms with Gasteiger partial charge in [-0.25, -0.2) is 0 Å². The monoisotopic (exact) mass is 764 g/mol. The van der Waals surface area contributed by atoms with Gasteiger partial charge in [0, 0.05) is 23.2 Å². The number of phenolic OH excluding ortho intramolecular Hbond substituents is 2. The van der Waals surface area contributed by atoms with Crippen LogP contribution in [0.15, 0.2) is 164 Å². The second kappa shape index (κ2) is 28.4. The topological polar surface area (TPSA) is 66.2 Å². The Balaban J connectivity index is -0.000000522. The molecule has 2 N–H and O–H groups in total. The van der Waals surface area contributed by atoms with Crippen molar-refractivity contribution >= 4 is 21.8 Å². The number of fused-ring (bicyclic) bond motifs is 2. The van der Waals surface area contributed by atoms with Crippen LogP contribution in [0.2, 0.25) is 0 Å². The molecule has 0 amide bonds. The molecule has 242 valence electrons. The first-order valence-corrected chi connectivity index (χ1v) is 13.6. The van der Waals surface area contributed by atoms with Gasteiger partial charge in [-0.05, 0) is 24.3 Å². The molecule has 0 aliphatic carbocycles. The van der Waals surface area contributed by atoms with E-state index < -0.39 is 0 Å². The molecule has 2 aromatic heterocycles. The van der Waals surface area contributed by atoms with E-state index in [1.165, 1.54) is 0 Å². The quantitative estimate of drug-likeness (QED) is 0.175. The van der Waals surface area contributed by atoms with Crippen molar-refractivity contribution in [1.29, 1.82) is 0 Å². The standard InChI is InChI=1S/2C9H7NO.3C7H7.3ClH.2Ti/c2*11-8-5-1-3-7-4-2-6-10-9(7)8;3*1-7-5-3-2-4-6-7;;;;;/h2*1-6,11H;3*2-6H,1H2;3*1H;;/q;;3*-1;;;;2*+3/p-3. The van der Waals surface area contributed by atoms with E-state index in [0.717, 1.165) is 27.5 Å². The van der Waals surface area contributed by atoms with Crippen molar-refractivity contribution in [2.75, 3.05) is 0 Å². The zero-order valence-corrected chi connectivity index (χ0v) is 31.5. The van der Waals surface area contributed by atoms with Crippen molar-refractivity contribution < 1.29 is 90.9 Å². The maximum absolute atomic E-state index is 9.31. The fourth-order valence-corrected chi connectivity index (χ4v) is 3.61. The fraction of sp³-hybridized carbons (Fsp3) is 0. The molecule has 0 aliphatic heterocycles. The van der Waals surface area contributed by atoms with Gasteiger partial charge in [-0.3, -0.25) is 9.97 Å². The van der Waals surface area contributed by atoms with Crippen LogP contribution in [0.5, 0.6) is 11.5 Å². The van der Waals surface area contributed by atoms with Crippen LogP contribution in [-0.4, -0.2) is 20.2 Å². The largest absolute Gasteiger partial charge is 3.00 e. The normalized spacial score (nSPS) is 8.42. The second-order valence-corrected chi connectivity index (χ2v) is 9.16. The van der Waals surface area contributed by atoms with Gasteiger partial charge in [0.15, 0.2) is 0 Å². The second-order valence-electron chi connectivity index (χ2n) is 9.16. The molecule has 0 aliphatic rings. The first kappa shape index (κ1) is 48.8. The maximum Gasteiger partial charge on any atom is 3.00 e. The fourth-order valence-electron chi connectivity index (χ4n) is 3.61. The summed E-state index contributed by atoms with van der Waals surface area (Å²) in [6.07, 6.45) is 3.34. The SMILES string of the molecule is Oc1cccc2cccnc12.Oc1cccc2cccnc12.[CH2-]c1ccccc1.[CH2-]c1ccccc1.[CH2-]c1ccccc1.[Cl-].[Cl-].[Cl-].[Ti+3].[Ti+3]. The zero-order valence-electron chi connectivity index (χ0n) is 26.1. The summed E-state index contributed by atoms with van der Waals surface area (Å²) in [5.74, 6) is 0.478. The Morgan fingerprint density at radius 2 is 0.625 bits per heavy atom. The predicted octanol–water partition coefficient (Wildman–Crippen LogP) is 0.494. The van der Waals surface area contributed by atoms with Gasteiger partial charge in [-0.15, -0.1) is 36.4 Å². The third-order valence-electron chi connectivity index (χ3n) is 5.75. The Morgan fingerprint density at radius 1 is 0.354 bits per heavy atom. The van der Waals surface area contributed by atoms with E-state index in [2.05, 4.69) is 30.7 Å². The number of phenols is 2. The number of benzene rings is 5. The first-order chi connectivity index (χ1) is 20.9. The summed E-state index contributed by atoms with van der Waals surface area (Å²) >= 11 is 0. The Morgan fingerprint density at radius 3 is 0.854 bits per heavy atom. The van der Waals surface area contributed by atoms with Gasteiger partial charge in [0.1, 0.15) is 22.5 Å². The molecule has 0 saturated carbocycles. The number of hydrogen-bond donors (Lipinski definition) is 2. The minimum absolute atomic E-state index is 0. The molecule has 7 aromatic rings. The van der Waals surface area contributed by atoms with Gasteiger partial charge in [0.05, 0.1) is 0 Å². The summed E-state index contributed by atoms with van der Waals surface area (Å²) < 4.78 is 0. The molecule has 2 heterocycles. The molecule has 0 unspecified atom stereocenters. The minimum Gasteiger partial charge on any atom is -1.00 e. The Hall–Kier alpha value is -3.57. The van der Waals surface area contributed by atoms with Gasteiger partial charge in [-0.1, -0.05) is 54.6 Å². The summed E-state index contributed by atoms with van der Waals surface area (Å²) in [6.45, 7) is 11.2. The summed E-state index contributed by atoms with van der Waals surface area (Å²) in [4.78, 5) is 8.06. The van der Waals surface area contributed by atoms with Crippen molar-refractivity contribution in [2.45, 2.75) is 0 Å². The van der Waals surface area contributed by atoms with Crippen molar-refractivity contribution in [3.8, 4) is 11.5 Å². The Kier molecular flexibility index (Phi) is 28.9. The molecule has 0 fully saturated rings. The molecule has 0 saturated heterocycles. The van der Waals surface area contributed by atoms with Gasteiger partial charge in [0.2, 0.25) is 0 Å². The minimum atomic E-state index is 0. The number of nitrogens with zero attached hydrogens (tertiary/aromatic N) is 2. The molecule has 0 atom stereocenters. The summed E-state index contributed by atoms with van der Waals surface area (Å²) in [5.41, 5.74) is 4.54. The van der Waals surface area contributed by atoms with Crippen LogP contribution >= 0.6 is 0 Å². The van der Waals surface area contributed by atoms with Crippen LogP contribution in [0.25, 0.3) is 21.8 Å². The molecule has 5 aromatic carbocycles. The van der Waals surface area contributed by atoms with Crippen molar-refractivity contribution in [1.82, 2.24) is 9.97 Å². The van der Waals surface area contributed by atoms with E-state index in [-0.39, 0.29) is 92.2 Å². The number of aromatic hydroxyl groups is 2. The average molecular weight is 766 g/mol. The third kappa shape index (κ3) is 18.7. The molecule has 7 rings (SSSR count). The van der Waals surface area contributed by atoms with E-state index in [0.29, 0.717) is 11.0 Å². The van der Waals surface area contributed by atoms with Crippen LogP contribution in [0.3, 0.4) is 0 Å². The molecule has 0 bridgehead atoms. The van der Waals surface area contributed by atoms with Crippen molar-refractivity contribution in [3.05, 3.63) is 202 Å². The zero-order chi connectivity index (χ0) is 30.7. The van der Waals surface area contributed by atoms with Gasteiger partial charge in [0.25, 0.3) is 0 Å². The number of pyridine rings is 2. The summed E-state index contributed by atoms with van der Waals surface area (Å²) in [6, 6.07) is 47.9. The van der Waals surface area contributed by atoms with Crippen LogP contribution in [0, 0.1) is 20.8 Å². The summed E-state index contributed by atoms with van der Waals surface area (Å²) in [7, 11) is 0. The van der Waals surface area contributed by atoms with Crippen molar-refractivity contribution in [3.63, 3.8) is 0 Å². The molecule has 2 radical (unpaired) electrons. The van der Waals surface area contributed by atoms with Crippen molar-refractivity contribution in [2.24, 2.45) is 0 Å². The molecular weight excluding hydrogens is 731 g/mol. The number of aromatic nitrogens is 2. The predicted molar refractivity (Wildman–Crippen MR) is 180 cm³/mol. The number of para-hydroxylation sites is 2. The smallest absolute Gasteiger partial charge is 1.00 e. The average Bonchev–Trinajstić information content (AvgIpc) is 3.04. The van der Waals surface area contributed by atoms with E-state index >= 15 is 0 Å². The Labute approximate surface area is 333 Å². The molecule has 0 spiro atoms. The maximum atomic E-state index is 9.31. The third-order valence-corrected chi connectivity index (χ3v) is 5.75. The first-order valence-electron chi connectivity index (χ1n) is 13.6.